The summed E-state index contributed by atoms with van der Waals surface area (Å²) in [6.07, 6.45) is 4.98. The first-order valence-corrected chi connectivity index (χ1v) is 12.2. The van der Waals surface area contributed by atoms with Crippen LogP contribution in [0.15, 0.2) is 90.1 Å². The van der Waals surface area contributed by atoms with Crippen molar-refractivity contribution in [1.29, 1.82) is 0 Å². The molecule has 9 heteroatoms. The van der Waals surface area contributed by atoms with Gasteiger partial charge in [-0.25, -0.2) is 4.98 Å². The number of nitrogens with two attached hydrogens (primary N) is 1. The minimum absolute atomic E-state index is 0.130. The smallest absolute Gasteiger partial charge is 0.263 e. The highest BCUT2D eigenvalue weighted by molar-refractivity contribution is 5.96. The summed E-state index contributed by atoms with van der Waals surface area (Å²) in [5.41, 5.74) is 11.3. The second-order valence-corrected chi connectivity index (χ2v) is 9.12. The third-order valence-electron chi connectivity index (χ3n) is 6.50. The van der Waals surface area contributed by atoms with E-state index >= 15 is 0 Å². The van der Waals surface area contributed by atoms with Gasteiger partial charge in [-0.1, -0.05) is 30.3 Å². The van der Waals surface area contributed by atoms with Crippen molar-refractivity contribution in [3.05, 3.63) is 107 Å². The summed E-state index contributed by atoms with van der Waals surface area (Å²) >= 11 is 0. The van der Waals surface area contributed by atoms with Gasteiger partial charge in [-0.05, 0) is 66.8 Å². The summed E-state index contributed by atoms with van der Waals surface area (Å²) in [7, 11) is 0. The van der Waals surface area contributed by atoms with Crippen molar-refractivity contribution in [2.24, 2.45) is 0 Å². The maximum atomic E-state index is 14.3. The molecule has 4 aromatic heterocycles. The zero-order valence-electron chi connectivity index (χ0n) is 20.8. The Labute approximate surface area is 218 Å². The van der Waals surface area contributed by atoms with E-state index in [9.17, 15) is 4.79 Å². The molecule has 6 rings (SSSR count). The maximum absolute atomic E-state index is 14.3. The Kier molecular flexibility index (Phi) is 5.72. The first-order chi connectivity index (χ1) is 18.5. The number of pyridine rings is 2. The van der Waals surface area contributed by atoms with E-state index in [2.05, 4.69) is 30.5 Å². The number of hydrogen-bond donors (Lipinski definition) is 2. The molecule has 0 bridgehead atoms. The Bertz CT molecular complexity index is 1870. The van der Waals surface area contributed by atoms with Gasteiger partial charge in [-0.3, -0.25) is 14.3 Å². The van der Waals surface area contributed by atoms with E-state index in [1.807, 2.05) is 74.5 Å². The molecule has 0 aliphatic carbocycles. The Morgan fingerprint density at radius 2 is 1.82 bits per heavy atom. The van der Waals surface area contributed by atoms with Crippen LogP contribution >= 0.6 is 0 Å². The highest BCUT2D eigenvalue weighted by Gasteiger charge is 2.20. The van der Waals surface area contributed by atoms with Crippen molar-refractivity contribution in [3.63, 3.8) is 0 Å². The molecule has 2 aromatic carbocycles. The molecular formula is C29H24N8O. The Hall–Kier alpha value is -5.18. The Morgan fingerprint density at radius 1 is 0.947 bits per heavy atom. The second-order valence-electron chi connectivity index (χ2n) is 9.12. The van der Waals surface area contributed by atoms with Crippen LogP contribution in [0.4, 0.5) is 11.8 Å². The van der Waals surface area contributed by atoms with Crippen LogP contribution in [-0.4, -0.2) is 29.7 Å². The van der Waals surface area contributed by atoms with E-state index in [1.54, 1.807) is 29.2 Å². The van der Waals surface area contributed by atoms with Crippen molar-refractivity contribution in [3.8, 4) is 16.8 Å². The van der Waals surface area contributed by atoms with Gasteiger partial charge in [0.05, 0.1) is 29.3 Å². The lowest BCUT2D eigenvalue weighted by Gasteiger charge is -2.22. The minimum Gasteiger partial charge on any atom is -0.368 e. The van der Waals surface area contributed by atoms with Gasteiger partial charge < -0.3 is 11.1 Å². The molecule has 0 fully saturated rings. The second kappa shape index (κ2) is 9.36. The number of nitrogen functional groups attached to an aromatic ring is 1. The molecule has 0 radical (unpaired) electrons. The highest BCUT2D eigenvalue weighted by atomic mass is 16.1. The molecule has 0 amide bonds. The number of fused-ring (bicyclic) bond motifs is 2. The van der Waals surface area contributed by atoms with Crippen LogP contribution in [0.25, 0.3) is 38.6 Å². The van der Waals surface area contributed by atoms with E-state index in [1.165, 1.54) is 0 Å². The summed E-state index contributed by atoms with van der Waals surface area (Å²) in [5.74, 6) is 0.644. The van der Waals surface area contributed by atoms with Gasteiger partial charge in [0.25, 0.3) is 5.56 Å². The van der Waals surface area contributed by atoms with Gasteiger partial charge in [0.1, 0.15) is 5.52 Å². The van der Waals surface area contributed by atoms with Crippen LogP contribution in [0.2, 0.25) is 0 Å². The number of aromatic nitrogens is 6. The normalized spacial score (nSPS) is 12.1. The average molecular weight is 501 g/mol. The van der Waals surface area contributed by atoms with E-state index in [0.29, 0.717) is 22.2 Å². The van der Waals surface area contributed by atoms with E-state index in [0.717, 1.165) is 33.5 Å². The standard InChI is InChI=1S/C29H24N8O/c1-17-6-3-8-21(14-17)37-24(18(2)34-27-26-23(10-5-12-31-26)35-29(30)36-27)15-19-7-4-9-22(25(19)28(37)38)20-11-13-32-33-16-20/h3-16,18H,1-2H3,(H3,30,34,35,36)/t18-/m0/s1. The highest BCUT2D eigenvalue weighted by Crippen LogP contribution is 2.30. The summed E-state index contributed by atoms with van der Waals surface area (Å²) in [5, 5.41) is 12.8. The number of nitrogens with one attached hydrogen (secondary N) is 1. The predicted molar refractivity (Wildman–Crippen MR) is 149 cm³/mol. The molecule has 0 aliphatic heterocycles. The largest absolute Gasteiger partial charge is 0.368 e. The molecule has 6 aromatic rings. The van der Waals surface area contributed by atoms with Crippen LogP contribution in [0, 0.1) is 6.92 Å². The summed E-state index contributed by atoms with van der Waals surface area (Å²) < 4.78 is 1.76. The Morgan fingerprint density at radius 3 is 2.63 bits per heavy atom. The minimum atomic E-state index is -0.335. The van der Waals surface area contributed by atoms with Gasteiger partial charge in [-0.15, -0.1) is 0 Å². The molecule has 9 nitrogen and oxygen atoms in total. The lowest BCUT2D eigenvalue weighted by Crippen LogP contribution is -2.26. The molecule has 0 saturated heterocycles. The van der Waals surface area contributed by atoms with E-state index in [-0.39, 0.29) is 17.5 Å². The van der Waals surface area contributed by atoms with E-state index in [4.69, 9.17) is 5.73 Å². The fraction of sp³-hybridized carbons (Fsp3) is 0.103. The molecule has 3 N–H and O–H groups in total. The third-order valence-corrected chi connectivity index (χ3v) is 6.50. The average Bonchev–Trinajstić information content (AvgIpc) is 2.93. The molecule has 4 heterocycles. The Balaban J connectivity index is 1.59. The predicted octanol–water partition coefficient (Wildman–Crippen LogP) is 4.85. The SMILES string of the molecule is Cc1cccc(-n2c([C@H](C)Nc3nc(N)nc4cccnc34)cc3cccc(-c4ccnnc4)c3c2=O)c1. The molecule has 0 unspecified atom stereocenters. The van der Waals surface area contributed by atoms with Gasteiger partial charge in [-0.2, -0.15) is 15.2 Å². The first kappa shape index (κ1) is 23.2. The van der Waals surface area contributed by atoms with Gasteiger partial charge >= 0.3 is 0 Å². The zero-order chi connectivity index (χ0) is 26.2. The zero-order valence-corrected chi connectivity index (χ0v) is 20.8. The van der Waals surface area contributed by atoms with Crippen LogP contribution < -0.4 is 16.6 Å². The fourth-order valence-corrected chi connectivity index (χ4v) is 4.79. The van der Waals surface area contributed by atoms with E-state index < -0.39 is 0 Å². The topological polar surface area (TPSA) is 124 Å². The van der Waals surface area contributed by atoms with Crippen LogP contribution in [-0.2, 0) is 0 Å². The lowest BCUT2D eigenvalue weighted by molar-refractivity contribution is 0.774. The number of rotatable bonds is 5. The van der Waals surface area contributed by atoms with Crippen molar-refractivity contribution in [2.75, 3.05) is 11.1 Å². The maximum Gasteiger partial charge on any atom is 0.263 e. The van der Waals surface area contributed by atoms with Crippen molar-refractivity contribution < 1.29 is 0 Å². The number of aryl methyl sites for hydroxylation is 1. The number of anilines is 2. The lowest BCUT2D eigenvalue weighted by atomic mass is 9.99. The number of benzene rings is 2. The van der Waals surface area contributed by atoms with Crippen LogP contribution in [0.1, 0.15) is 24.2 Å². The van der Waals surface area contributed by atoms with Gasteiger partial charge in [0.15, 0.2) is 5.82 Å². The number of hydrogen-bond acceptors (Lipinski definition) is 8. The molecule has 186 valence electrons. The molecule has 0 saturated carbocycles. The molecule has 0 aliphatic rings. The molecule has 1 atom stereocenters. The molecule has 38 heavy (non-hydrogen) atoms. The fourth-order valence-electron chi connectivity index (χ4n) is 4.79. The van der Waals surface area contributed by atoms with Crippen LogP contribution in [0.5, 0.6) is 0 Å². The van der Waals surface area contributed by atoms with Gasteiger partial charge in [0.2, 0.25) is 5.95 Å². The summed E-state index contributed by atoms with van der Waals surface area (Å²) in [6, 6.07) is 20.9. The molecular weight excluding hydrogens is 476 g/mol. The van der Waals surface area contributed by atoms with Crippen molar-refractivity contribution >= 4 is 33.6 Å². The third kappa shape index (κ3) is 4.09. The molecule has 0 spiro atoms. The summed E-state index contributed by atoms with van der Waals surface area (Å²) in [4.78, 5) is 27.5. The number of nitrogens with zero attached hydrogens (tertiary/aromatic N) is 6. The van der Waals surface area contributed by atoms with Crippen molar-refractivity contribution in [1.82, 2.24) is 29.7 Å². The first-order valence-electron chi connectivity index (χ1n) is 12.2. The van der Waals surface area contributed by atoms with Crippen molar-refractivity contribution in [2.45, 2.75) is 19.9 Å². The van der Waals surface area contributed by atoms with Gasteiger partial charge in [0, 0.05) is 23.1 Å². The monoisotopic (exact) mass is 500 g/mol. The van der Waals surface area contributed by atoms with Crippen LogP contribution in [0.3, 0.4) is 0 Å². The quantitative estimate of drug-likeness (QED) is 0.344. The summed E-state index contributed by atoms with van der Waals surface area (Å²) in [6.45, 7) is 3.99.